The van der Waals surface area contributed by atoms with E-state index in [2.05, 4.69) is 5.32 Å². The van der Waals surface area contributed by atoms with E-state index in [4.69, 9.17) is 16.3 Å². The van der Waals surface area contributed by atoms with E-state index in [1.165, 1.54) is 42.5 Å². The molecular weight excluding hydrogens is 315 g/mol. The molecule has 1 amide bonds. The maximum Gasteiger partial charge on any atom is 0.310 e. The van der Waals surface area contributed by atoms with Crippen molar-refractivity contribution >= 4 is 28.9 Å². The molecule has 0 aromatic heterocycles. The summed E-state index contributed by atoms with van der Waals surface area (Å²) < 4.78 is 18.7. The molecule has 0 saturated heterocycles. The van der Waals surface area contributed by atoms with Gasteiger partial charge in [-0.2, -0.15) is 0 Å². The van der Waals surface area contributed by atoms with Gasteiger partial charge >= 0.3 is 5.69 Å². The van der Waals surface area contributed by atoms with E-state index in [1.807, 2.05) is 0 Å². The molecule has 0 radical (unpaired) electrons. The molecule has 0 aliphatic rings. The van der Waals surface area contributed by atoms with Gasteiger partial charge in [0.2, 0.25) is 0 Å². The van der Waals surface area contributed by atoms with Crippen LogP contribution in [0.3, 0.4) is 0 Å². The predicted octanol–water partition coefficient (Wildman–Crippen LogP) is 3.40. The number of para-hydroxylation sites is 2. The number of nitrogens with one attached hydrogen (secondary N) is 1. The Morgan fingerprint density at radius 1 is 1.27 bits per heavy atom. The Labute approximate surface area is 129 Å². The lowest BCUT2D eigenvalue weighted by atomic mass is 10.3. The Balaban J connectivity index is 2.02. The highest BCUT2D eigenvalue weighted by molar-refractivity contribution is 6.31. The van der Waals surface area contributed by atoms with E-state index >= 15 is 0 Å². The smallest absolute Gasteiger partial charge is 0.310 e. The van der Waals surface area contributed by atoms with Gasteiger partial charge in [0.05, 0.1) is 15.6 Å². The fourth-order valence-corrected chi connectivity index (χ4v) is 1.83. The molecule has 0 bridgehead atoms. The highest BCUT2D eigenvalue weighted by atomic mass is 35.5. The summed E-state index contributed by atoms with van der Waals surface area (Å²) in [5.74, 6) is -1.48. The van der Waals surface area contributed by atoms with E-state index in [-0.39, 0.29) is 22.1 Å². The average molecular weight is 325 g/mol. The molecule has 0 unspecified atom stereocenters. The maximum atomic E-state index is 13.6. The molecule has 2 aromatic rings. The molecular formula is C14H10ClFN2O4. The van der Waals surface area contributed by atoms with Crippen LogP contribution in [0.25, 0.3) is 0 Å². The normalized spacial score (nSPS) is 10.1. The summed E-state index contributed by atoms with van der Waals surface area (Å²) in [6.45, 7) is -0.503. The number of carbonyl (C=O) groups excluding carboxylic acids is 1. The van der Waals surface area contributed by atoms with E-state index in [0.717, 1.165) is 0 Å². The van der Waals surface area contributed by atoms with Crippen LogP contribution in [0.15, 0.2) is 42.5 Å². The molecule has 1 N–H and O–H groups in total. The largest absolute Gasteiger partial charge is 0.477 e. The SMILES string of the molecule is O=C(COc1ccccc1[N+](=O)[O-])Nc1cccc(Cl)c1F. The first-order chi connectivity index (χ1) is 10.5. The van der Waals surface area contributed by atoms with Gasteiger partial charge in [-0.15, -0.1) is 0 Å². The zero-order valence-corrected chi connectivity index (χ0v) is 11.8. The zero-order chi connectivity index (χ0) is 16.1. The van der Waals surface area contributed by atoms with Gasteiger partial charge in [0.15, 0.2) is 18.2 Å². The van der Waals surface area contributed by atoms with Gasteiger partial charge in [-0.05, 0) is 18.2 Å². The Morgan fingerprint density at radius 3 is 2.73 bits per heavy atom. The van der Waals surface area contributed by atoms with E-state index < -0.39 is 23.3 Å². The molecule has 0 fully saturated rings. The highest BCUT2D eigenvalue weighted by Crippen LogP contribution is 2.26. The minimum absolute atomic E-state index is 0.0470. The number of nitrogens with zero attached hydrogens (tertiary/aromatic N) is 1. The summed E-state index contributed by atoms with van der Waals surface area (Å²) in [7, 11) is 0. The van der Waals surface area contributed by atoms with Crippen LogP contribution in [0, 0.1) is 15.9 Å². The molecule has 6 nitrogen and oxygen atoms in total. The number of nitro groups is 1. The molecule has 0 atom stereocenters. The number of ether oxygens (including phenoxy) is 1. The third-order valence-electron chi connectivity index (χ3n) is 2.65. The van der Waals surface area contributed by atoms with Crippen LogP contribution < -0.4 is 10.1 Å². The fraction of sp³-hybridized carbons (Fsp3) is 0.0714. The standard InChI is InChI=1S/C14H10ClFN2O4/c15-9-4-3-5-10(14(9)16)17-13(19)8-22-12-7-2-1-6-11(12)18(20)21/h1-7H,8H2,(H,17,19). The van der Waals surface area contributed by atoms with E-state index in [9.17, 15) is 19.3 Å². The van der Waals surface area contributed by atoms with Crippen LogP contribution >= 0.6 is 11.6 Å². The van der Waals surface area contributed by atoms with Crippen molar-refractivity contribution < 1.29 is 18.8 Å². The quantitative estimate of drug-likeness (QED) is 0.675. The van der Waals surface area contributed by atoms with Crippen LogP contribution in [0.2, 0.25) is 5.02 Å². The molecule has 2 aromatic carbocycles. The van der Waals surface area contributed by atoms with Gasteiger partial charge in [-0.1, -0.05) is 29.8 Å². The molecule has 0 spiro atoms. The summed E-state index contributed by atoms with van der Waals surface area (Å²) in [5, 5.41) is 12.9. The van der Waals surface area contributed by atoms with Gasteiger partial charge in [0.25, 0.3) is 5.91 Å². The van der Waals surface area contributed by atoms with Gasteiger partial charge < -0.3 is 10.1 Å². The fourth-order valence-electron chi connectivity index (χ4n) is 1.66. The molecule has 0 heterocycles. The Hall–Kier alpha value is -2.67. The van der Waals surface area contributed by atoms with Crippen molar-refractivity contribution in [3.8, 4) is 5.75 Å². The lowest BCUT2D eigenvalue weighted by Gasteiger charge is -2.09. The molecule has 22 heavy (non-hydrogen) atoms. The topological polar surface area (TPSA) is 81.5 Å². The molecule has 0 aliphatic carbocycles. The third kappa shape index (κ3) is 3.70. The van der Waals surface area contributed by atoms with Crippen molar-refractivity contribution in [1.82, 2.24) is 0 Å². The van der Waals surface area contributed by atoms with Crippen molar-refractivity contribution in [3.05, 3.63) is 63.4 Å². The van der Waals surface area contributed by atoms with E-state index in [0.29, 0.717) is 0 Å². The number of hydrogen-bond acceptors (Lipinski definition) is 4. The van der Waals surface area contributed by atoms with Gasteiger partial charge in [0, 0.05) is 6.07 Å². The number of amides is 1. The third-order valence-corrected chi connectivity index (χ3v) is 2.94. The monoisotopic (exact) mass is 324 g/mol. The Kier molecular flexibility index (Phi) is 4.90. The summed E-state index contributed by atoms with van der Waals surface area (Å²) in [4.78, 5) is 21.9. The number of rotatable bonds is 5. The first kappa shape index (κ1) is 15.7. The van der Waals surface area contributed by atoms with Gasteiger partial charge in [0.1, 0.15) is 0 Å². The maximum absolute atomic E-state index is 13.6. The van der Waals surface area contributed by atoms with Crippen molar-refractivity contribution in [2.45, 2.75) is 0 Å². The molecule has 0 aliphatic heterocycles. The number of hydrogen-bond donors (Lipinski definition) is 1. The van der Waals surface area contributed by atoms with Crippen LogP contribution in [0.5, 0.6) is 5.75 Å². The summed E-state index contributed by atoms with van der Waals surface area (Å²) in [6.07, 6.45) is 0. The predicted molar refractivity (Wildman–Crippen MR) is 78.6 cm³/mol. The molecule has 0 saturated carbocycles. The minimum Gasteiger partial charge on any atom is -0.477 e. The zero-order valence-electron chi connectivity index (χ0n) is 11.1. The lowest BCUT2D eigenvalue weighted by molar-refractivity contribution is -0.385. The summed E-state index contributed by atoms with van der Waals surface area (Å²) in [5.41, 5.74) is -0.354. The second-order valence-corrected chi connectivity index (χ2v) is 4.57. The molecule has 114 valence electrons. The van der Waals surface area contributed by atoms with Crippen LogP contribution in [0.1, 0.15) is 0 Å². The number of nitro benzene ring substituents is 1. The summed E-state index contributed by atoms with van der Waals surface area (Å²) >= 11 is 5.59. The first-order valence-electron chi connectivity index (χ1n) is 6.09. The van der Waals surface area contributed by atoms with Crippen molar-refractivity contribution in [3.63, 3.8) is 0 Å². The van der Waals surface area contributed by atoms with Crippen molar-refractivity contribution in [2.75, 3.05) is 11.9 Å². The van der Waals surface area contributed by atoms with E-state index in [1.54, 1.807) is 0 Å². The highest BCUT2D eigenvalue weighted by Gasteiger charge is 2.15. The van der Waals surface area contributed by atoms with Crippen molar-refractivity contribution in [1.29, 1.82) is 0 Å². The molecule has 2 rings (SSSR count). The average Bonchev–Trinajstić information content (AvgIpc) is 2.50. The summed E-state index contributed by atoms with van der Waals surface area (Å²) in [6, 6.07) is 9.79. The number of carbonyl (C=O) groups is 1. The molecule has 8 heteroatoms. The number of halogens is 2. The minimum atomic E-state index is -0.761. The lowest BCUT2D eigenvalue weighted by Crippen LogP contribution is -2.21. The second-order valence-electron chi connectivity index (χ2n) is 4.16. The van der Waals surface area contributed by atoms with Gasteiger partial charge in [-0.3, -0.25) is 14.9 Å². The number of anilines is 1. The Bertz CT molecular complexity index is 724. The van der Waals surface area contributed by atoms with Crippen LogP contribution in [-0.2, 0) is 4.79 Å². The second kappa shape index (κ2) is 6.86. The van der Waals surface area contributed by atoms with Crippen molar-refractivity contribution in [2.24, 2.45) is 0 Å². The Morgan fingerprint density at radius 2 is 2.00 bits per heavy atom. The first-order valence-corrected chi connectivity index (χ1v) is 6.47. The van der Waals surface area contributed by atoms with Crippen LogP contribution in [0.4, 0.5) is 15.8 Å². The van der Waals surface area contributed by atoms with Gasteiger partial charge in [-0.25, -0.2) is 4.39 Å². The number of benzene rings is 2. The van der Waals surface area contributed by atoms with Crippen LogP contribution in [-0.4, -0.2) is 17.4 Å².